The van der Waals surface area contributed by atoms with Crippen molar-refractivity contribution in [2.75, 3.05) is 6.61 Å². The molecule has 0 radical (unpaired) electrons. The van der Waals surface area contributed by atoms with Crippen LogP contribution < -0.4 is 0 Å². The predicted molar refractivity (Wildman–Crippen MR) is 115 cm³/mol. The van der Waals surface area contributed by atoms with Gasteiger partial charge in [-0.25, -0.2) is 9.69 Å². The summed E-state index contributed by atoms with van der Waals surface area (Å²) in [5.41, 5.74) is 10.8. The number of carbonyl (C=O) groups excluding carboxylic acids is 3. The maximum atomic E-state index is 13.5. The zero-order valence-electron chi connectivity index (χ0n) is 16.3. The molecule has 0 bridgehead atoms. The molecule has 1 fully saturated rings. The molecule has 0 unspecified atom stereocenters. The van der Waals surface area contributed by atoms with E-state index in [9.17, 15) is 14.4 Å². The molecule has 2 aromatic carbocycles. The van der Waals surface area contributed by atoms with Gasteiger partial charge in [0.15, 0.2) is 0 Å². The SMILES string of the molecule is CC(=O)n1cc([C@@H](N=[N+]=[N-])C(=O)N2C(=O)OC[C@@H]2c2ccccc2)c2ccc(Br)cc21. The molecule has 31 heavy (non-hydrogen) atoms. The van der Waals surface area contributed by atoms with Crippen LogP contribution in [-0.2, 0) is 9.53 Å². The molecule has 10 heteroatoms. The molecule has 3 aromatic rings. The molecule has 9 nitrogen and oxygen atoms in total. The number of halogens is 1. The topological polar surface area (TPSA) is 117 Å². The lowest BCUT2D eigenvalue weighted by molar-refractivity contribution is -0.130. The van der Waals surface area contributed by atoms with Gasteiger partial charge < -0.3 is 4.74 Å². The summed E-state index contributed by atoms with van der Waals surface area (Å²) in [5, 5.41) is 4.25. The first-order valence-corrected chi connectivity index (χ1v) is 10.1. The van der Waals surface area contributed by atoms with Gasteiger partial charge in [0.1, 0.15) is 18.7 Å². The minimum Gasteiger partial charge on any atom is -0.446 e. The Bertz CT molecular complexity index is 1250. The third-order valence-electron chi connectivity index (χ3n) is 5.13. The smallest absolute Gasteiger partial charge is 0.417 e. The maximum absolute atomic E-state index is 13.5. The third-order valence-corrected chi connectivity index (χ3v) is 5.62. The lowest BCUT2D eigenvalue weighted by Gasteiger charge is -2.22. The molecular formula is C21H16BrN5O4. The Morgan fingerprint density at radius 1 is 1.26 bits per heavy atom. The fourth-order valence-electron chi connectivity index (χ4n) is 3.72. The van der Waals surface area contributed by atoms with E-state index in [0.29, 0.717) is 16.5 Å². The zero-order chi connectivity index (χ0) is 22.1. The molecule has 0 spiro atoms. The quantitative estimate of drug-likeness (QED) is 0.291. The second-order valence-electron chi connectivity index (χ2n) is 6.95. The molecule has 2 atom stereocenters. The summed E-state index contributed by atoms with van der Waals surface area (Å²) in [7, 11) is 0. The van der Waals surface area contributed by atoms with E-state index in [2.05, 4.69) is 26.0 Å². The fourth-order valence-corrected chi connectivity index (χ4v) is 4.07. The van der Waals surface area contributed by atoms with E-state index in [4.69, 9.17) is 10.3 Å². The van der Waals surface area contributed by atoms with E-state index < -0.39 is 24.1 Å². The van der Waals surface area contributed by atoms with Crippen molar-refractivity contribution in [3.63, 3.8) is 0 Å². The van der Waals surface area contributed by atoms with Crippen LogP contribution in [0.1, 0.15) is 34.9 Å². The second-order valence-corrected chi connectivity index (χ2v) is 7.87. The number of amides is 2. The molecule has 1 aromatic heterocycles. The highest BCUT2D eigenvalue weighted by Crippen LogP contribution is 2.36. The molecule has 1 saturated heterocycles. The van der Waals surface area contributed by atoms with Crippen molar-refractivity contribution in [3.8, 4) is 0 Å². The Hall–Kier alpha value is -3.62. The number of fused-ring (bicyclic) bond motifs is 1. The monoisotopic (exact) mass is 481 g/mol. The van der Waals surface area contributed by atoms with Crippen LogP contribution in [0.15, 0.2) is 64.3 Å². The van der Waals surface area contributed by atoms with E-state index >= 15 is 0 Å². The highest BCUT2D eigenvalue weighted by atomic mass is 79.9. The first-order chi connectivity index (χ1) is 14.9. The maximum Gasteiger partial charge on any atom is 0.417 e. The number of hydrogen-bond acceptors (Lipinski definition) is 5. The summed E-state index contributed by atoms with van der Waals surface area (Å²) < 4.78 is 7.25. The van der Waals surface area contributed by atoms with E-state index in [0.717, 1.165) is 14.9 Å². The van der Waals surface area contributed by atoms with Crippen molar-refractivity contribution in [2.45, 2.75) is 19.0 Å². The summed E-state index contributed by atoms with van der Waals surface area (Å²) in [6.07, 6.45) is 0.658. The summed E-state index contributed by atoms with van der Waals surface area (Å²) in [6, 6.07) is 12.2. The van der Waals surface area contributed by atoms with Gasteiger partial charge in [0.2, 0.25) is 11.8 Å². The minimum absolute atomic E-state index is 0.000271. The van der Waals surface area contributed by atoms with E-state index in [1.54, 1.807) is 42.5 Å². The zero-order valence-corrected chi connectivity index (χ0v) is 17.9. The molecule has 0 aliphatic carbocycles. The van der Waals surface area contributed by atoms with Crippen LogP contribution in [0.3, 0.4) is 0 Å². The lowest BCUT2D eigenvalue weighted by Crippen LogP contribution is -2.37. The first kappa shape index (κ1) is 20.6. The van der Waals surface area contributed by atoms with Gasteiger partial charge in [-0.05, 0) is 28.8 Å². The number of nitrogens with zero attached hydrogens (tertiary/aromatic N) is 5. The molecule has 1 aliphatic heterocycles. The molecular weight excluding hydrogens is 466 g/mol. The van der Waals surface area contributed by atoms with Crippen molar-refractivity contribution in [1.29, 1.82) is 0 Å². The molecule has 0 N–H and O–H groups in total. The van der Waals surface area contributed by atoms with Crippen LogP contribution in [0.2, 0.25) is 0 Å². The number of rotatable bonds is 4. The fraction of sp³-hybridized carbons (Fsp3) is 0.190. The van der Waals surface area contributed by atoms with Gasteiger partial charge in [-0.1, -0.05) is 57.4 Å². The molecule has 2 heterocycles. The number of ether oxygens (including phenoxy) is 1. The number of aromatic nitrogens is 1. The molecule has 4 rings (SSSR count). The normalized spacial score (nSPS) is 16.6. The standard InChI is InChI=1S/C21H16BrN5O4/c1-12(28)26-10-16(15-8-7-14(22)9-17(15)26)19(24-25-23)20(29)27-18(11-31-21(27)30)13-5-3-2-4-6-13/h2-10,18-19H,11H2,1H3/t18-,19-/m1/s1. The van der Waals surface area contributed by atoms with Gasteiger partial charge in [0.05, 0.1) is 5.52 Å². The van der Waals surface area contributed by atoms with Crippen LogP contribution in [0.5, 0.6) is 0 Å². The Kier molecular flexibility index (Phi) is 5.50. The van der Waals surface area contributed by atoms with Crippen LogP contribution in [-0.4, -0.2) is 34.0 Å². The van der Waals surface area contributed by atoms with Gasteiger partial charge >= 0.3 is 6.09 Å². The highest BCUT2D eigenvalue weighted by Gasteiger charge is 2.42. The lowest BCUT2D eigenvalue weighted by atomic mass is 10.0. The second kappa shape index (κ2) is 8.25. The molecule has 1 aliphatic rings. The number of carbonyl (C=O) groups is 3. The highest BCUT2D eigenvalue weighted by molar-refractivity contribution is 9.10. The predicted octanol–water partition coefficient (Wildman–Crippen LogP) is 5.14. The Labute approximate surface area is 184 Å². The van der Waals surface area contributed by atoms with Crippen molar-refractivity contribution in [3.05, 3.63) is 80.8 Å². The van der Waals surface area contributed by atoms with E-state index in [1.807, 2.05) is 6.07 Å². The molecule has 0 saturated carbocycles. The summed E-state index contributed by atoms with van der Waals surface area (Å²) in [5.74, 6) is -0.996. The number of benzene rings is 2. The Morgan fingerprint density at radius 3 is 2.68 bits per heavy atom. The summed E-state index contributed by atoms with van der Waals surface area (Å²) in [4.78, 5) is 41.9. The molecule has 2 amide bonds. The van der Waals surface area contributed by atoms with Crippen LogP contribution in [0.4, 0.5) is 4.79 Å². The summed E-state index contributed by atoms with van der Waals surface area (Å²) in [6.45, 7) is 1.39. The van der Waals surface area contributed by atoms with Crippen molar-refractivity contribution >= 4 is 44.7 Å². The van der Waals surface area contributed by atoms with Crippen LogP contribution in [0.25, 0.3) is 21.3 Å². The van der Waals surface area contributed by atoms with Gasteiger partial charge in [-0.3, -0.25) is 14.2 Å². The minimum atomic E-state index is -1.36. The first-order valence-electron chi connectivity index (χ1n) is 9.32. The average molecular weight is 482 g/mol. The van der Waals surface area contributed by atoms with Crippen LogP contribution >= 0.6 is 15.9 Å². The van der Waals surface area contributed by atoms with Gasteiger partial charge in [-0.15, -0.1) is 0 Å². The van der Waals surface area contributed by atoms with Gasteiger partial charge in [-0.2, -0.15) is 0 Å². The third kappa shape index (κ3) is 3.67. The number of cyclic esters (lactones) is 1. The largest absolute Gasteiger partial charge is 0.446 e. The Morgan fingerprint density at radius 2 is 2.00 bits per heavy atom. The van der Waals surface area contributed by atoms with Crippen molar-refractivity contribution < 1.29 is 19.1 Å². The van der Waals surface area contributed by atoms with E-state index in [-0.39, 0.29) is 12.5 Å². The molecule has 156 valence electrons. The summed E-state index contributed by atoms with van der Waals surface area (Å²) >= 11 is 3.37. The van der Waals surface area contributed by atoms with Crippen molar-refractivity contribution in [1.82, 2.24) is 9.47 Å². The van der Waals surface area contributed by atoms with Crippen molar-refractivity contribution in [2.24, 2.45) is 5.11 Å². The van der Waals surface area contributed by atoms with Crippen LogP contribution in [0, 0.1) is 0 Å². The van der Waals surface area contributed by atoms with E-state index in [1.165, 1.54) is 17.7 Å². The number of hydrogen-bond donors (Lipinski definition) is 0. The average Bonchev–Trinajstić information content (AvgIpc) is 3.32. The Balaban J connectivity index is 1.83. The van der Waals surface area contributed by atoms with Gasteiger partial charge in [0.25, 0.3) is 0 Å². The van der Waals surface area contributed by atoms with Gasteiger partial charge in [0, 0.05) is 27.9 Å². The number of azide groups is 1. The number of imide groups is 1.